The molecule has 2 aromatic rings. The van der Waals surface area contributed by atoms with Gasteiger partial charge >= 0.3 is 0 Å². The second-order valence-electron chi connectivity index (χ2n) is 4.99. The summed E-state index contributed by atoms with van der Waals surface area (Å²) in [5, 5.41) is 2.71. The van der Waals surface area contributed by atoms with Gasteiger partial charge in [0, 0.05) is 6.07 Å². The number of carbonyl (C=O) groups excluding carboxylic acids is 2. The smallest absolute Gasteiger partial charge is 0.262 e. The van der Waals surface area contributed by atoms with Gasteiger partial charge in [0.15, 0.2) is 6.61 Å². The molecule has 7 heteroatoms. The van der Waals surface area contributed by atoms with Crippen LogP contribution in [0.5, 0.6) is 17.2 Å². The van der Waals surface area contributed by atoms with Crippen LogP contribution in [0.1, 0.15) is 17.3 Å². The van der Waals surface area contributed by atoms with Gasteiger partial charge in [-0.15, -0.1) is 0 Å². The Hall–Kier alpha value is -3.22. The van der Waals surface area contributed by atoms with E-state index in [0.29, 0.717) is 23.8 Å². The van der Waals surface area contributed by atoms with Gasteiger partial charge in [0.1, 0.15) is 17.2 Å². The highest BCUT2D eigenvalue weighted by Gasteiger charge is 2.13. The SMILES string of the molecule is CCOc1ccccc1NC(=O)COc1cc(OC)ccc1C(N)=O. The van der Waals surface area contributed by atoms with Crippen LogP contribution < -0.4 is 25.3 Å². The van der Waals surface area contributed by atoms with Gasteiger partial charge in [-0.3, -0.25) is 9.59 Å². The number of hydrogen-bond donors (Lipinski definition) is 2. The van der Waals surface area contributed by atoms with Gasteiger partial charge < -0.3 is 25.3 Å². The van der Waals surface area contributed by atoms with Crippen LogP contribution >= 0.6 is 0 Å². The summed E-state index contributed by atoms with van der Waals surface area (Å²) in [6.07, 6.45) is 0. The van der Waals surface area contributed by atoms with E-state index in [0.717, 1.165) is 0 Å². The van der Waals surface area contributed by atoms with Crippen molar-refractivity contribution >= 4 is 17.5 Å². The lowest BCUT2D eigenvalue weighted by molar-refractivity contribution is -0.118. The second kappa shape index (κ2) is 8.58. The number of nitrogens with two attached hydrogens (primary N) is 1. The number of hydrogen-bond acceptors (Lipinski definition) is 5. The Balaban J connectivity index is 2.06. The van der Waals surface area contributed by atoms with Crippen molar-refractivity contribution in [2.75, 3.05) is 25.6 Å². The van der Waals surface area contributed by atoms with Crippen LogP contribution in [-0.2, 0) is 4.79 Å². The van der Waals surface area contributed by atoms with Gasteiger partial charge in [0.2, 0.25) is 0 Å². The molecule has 25 heavy (non-hydrogen) atoms. The highest BCUT2D eigenvalue weighted by molar-refractivity contribution is 5.96. The van der Waals surface area contributed by atoms with Crippen molar-refractivity contribution in [3.8, 4) is 17.2 Å². The zero-order chi connectivity index (χ0) is 18.2. The number of benzene rings is 2. The Morgan fingerprint density at radius 3 is 2.52 bits per heavy atom. The number of nitrogens with one attached hydrogen (secondary N) is 1. The fourth-order valence-corrected chi connectivity index (χ4v) is 2.13. The molecule has 132 valence electrons. The fourth-order valence-electron chi connectivity index (χ4n) is 2.13. The van der Waals surface area contributed by atoms with E-state index in [2.05, 4.69) is 5.32 Å². The van der Waals surface area contributed by atoms with Crippen LogP contribution in [0.4, 0.5) is 5.69 Å². The molecule has 0 heterocycles. The van der Waals surface area contributed by atoms with Crippen LogP contribution in [-0.4, -0.2) is 32.1 Å². The molecule has 2 amide bonds. The molecule has 2 rings (SSSR count). The molecule has 0 radical (unpaired) electrons. The highest BCUT2D eigenvalue weighted by Crippen LogP contribution is 2.25. The summed E-state index contributed by atoms with van der Waals surface area (Å²) in [6, 6.07) is 11.7. The maximum absolute atomic E-state index is 12.1. The van der Waals surface area contributed by atoms with E-state index in [1.807, 2.05) is 13.0 Å². The average molecular weight is 344 g/mol. The number of amides is 2. The predicted molar refractivity (Wildman–Crippen MR) is 93.2 cm³/mol. The number of methoxy groups -OCH3 is 1. The Kier molecular flexibility index (Phi) is 6.22. The van der Waals surface area contributed by atoms with Gasteiger partial charge in [-0.1, -0.05) is 12.1 Å². The third kappa shape index (κ3) is 4.87. The summed E-state index contributed by atoms with van der Waals surface area (Å²) in [7, 11) is 1.49. The number of ether oxygens (including phenoxy) is 3. The lowest BCUT2D eigenvalue weighted by Gasteiger charge is -2.13. The van der Waals surface area contributed by atoms with Crippen molar-refractivity contribution < 1.29 is 23.8 Å². The van der Waals surface area contributed by atoms with E-state index in [1.165, 1.54) is 19.2 Å². The summed E-state index contributed by atoms with van der Waals surface area (Å²) < 4.78 is 16.0. The molecule has 3 N–H and O–H groups in total. The lowest BCUT2D eigenvalue weighted by Crippen LogP contribution is -2.22. The van der Waals surface area contributed by atoms with Crippen molar-refractivity contribution in [2.45, 2.75) is 6.92 Å². The third-order valence-corrected chi connectivity index (χ3v) is 3.27. The van der Waals surface area contributed by atoms with Crippen molar-refractivity contribution in [1.29, 1.82) is 0 Å². The molecule has 0 aliphatic carbocycles. The molecule has 0 bridgehead atoms. The normalized spacial score (nSPS) is 10.0. The molecular formula is C18H20N2O5. The van der Waals surface area contributed by atoms with E-state index < -0.39 is 11.8 Å². The third-order valence-electron chi connectivity index (χ3n) is 3.27. The van der Waals surface area contributed by atoms with Crippen LogP contribution in [0.3, 0.4) is 0 Å². The van der Waals surface area contributed by atoms with E-state index in [4.69, 9.17) is 19.9 Å². The molecule has 7 nitrogen and oxygen atoms in total. The van der Waals surface area contributed by atoms with Crippen LogP contribution in [0, 0.1) is 0 Å². The van der Waals surface area contributed by atoms with Gasteiger partial charge in [0.05, 0.1) is 25.0 Å². The molecule has 0 fully saturated rings. The summed E-state index contributed by atoms with van der Waals surface area (Å²) in [5.74, 6) is 0.185. The maximum atomic E-state index is 12.1. The zero-order valence-corrected chi connectivity index (χ0v) is 14.1. The van der Waals surface area contributed by atoms with Gasteiger partial charge in [-0.25, -0.2) is 0 Å². The number of carbonyl (C=O) groups is 2. The fraction of sp³-hybridized carbons (Fsp3) is 0.222. The first-order valence-electron chi connectivity index (χ1n) is 7.67. The topological polar surface area (TPSA) is 99.9 Å². The summed E-state index contributed by atoms with van der Waals surface area (Å²) >= 11 is 0. The van der Waals surface area contributed by atoms with Gasteiger partial charge in [-0.2, -0.15) is 0 Å². The number of anilines is 1. The molecule has 0 aromatic heterocycles. The summed E-state index contributed by atoms with van der Waals surface area (Å²) in [6.45, 7) is 2.04. The van der Waals surface area contributed by atoms with Crippen LogP contribution in [0.25, 0.3) is 0 Å². The van der Waals surface area contributed by atoms with E-state index in [1.54, 1.807) is 24.3 Å². The molecule has 0 spiro atoms. The van der Waals surface area contributed by atoms with Gasteiger partial charge in [0.25, 0.3) is 11.8 Å². The van der Waals surface area contributed by atoms with Crippen molar-refractivity contribution in [1.82, 2.24) is 0 Å². The van der Waals surface area contributed by atoms with Crippen LogP contribution in [0.15, 0.2) is 42.5 Å². The first-order chi connectivity index (χ1) is 12.0. The summed E-state index contributed by atoms with van der Waals surface area (Å²) in [4.78, 5) is 23.6. The Labute approximate surface area is 145 Å². The first kappa shape index (κ1) is 18.1. The standard InChI is InChI=1S/C18H20N2O5/c1-3-24-15-7-5-4-6-14(15)20-17(21)11-25-16-10-12(23-2)8-9-13(16)18(19)22/h4-10H,3,11H2,1-2H3,(H2,19,22)(H,20,21). The molecule has 0 unspecified atom stereocenters. The largest absolute Gasteiger partial charge is 0.497 e. The van der Waals surface area contributed by atoms with Crippen molar-refractivity contribution in [3.05, 3.63) is 48.0 Å². The second-order valence-corrected chi connectivity index (χ2v) is 4.99. The molecule has 0 aliphatic rings. The van der Waals surface area contributed by atoms with Crippen LogP contribution in [0.2, 0.25) is 0 Å². The number of para-hydroxylation sites is 2. The minimum Gasteiger partial charge on any atom is -0.497 e. The molecule has 0 saturated carbocycles. The first-order valence-corrected chi connectivity index (χ1v) is 7.67. The molecule has 0 saturated heterocycles. The van der Waals surface area contributed by atoms with E-state index in [-0.39, 0.29) is 17.9 Å². The number of primary amides is 1. The van der Waals surface area contributed by atoms with E-state index in [9.17, 15) is 9.59 Å². The predicted octanol–water partition coefficient (Wildman–Crippen LogP) is 2.21. The van der Waals surface area contributed by atoms with Crippen molar-refractivity contribution in [3.63, 3.8) is 0 Å². The Bertz CT molecular complexity index is 761. The minimum absolute atomic E-state index is 0.170. The quantitative estimate of drug-likeness (QED) is 0.765. The summed E-state index contributed by atoms with van der Waals surface area (Å²) in [5.41, 5.74) is 6.02. The Morgan fingerprint density at radius 1 is 1.08 bits per heavy atom. The number of rotatable bonds is 8. The van der Waals surface area contributed by atoms with Gasteiger partial charge in [-0.05, 0) is 31.2 Å². The average Bonchev–Trinajstić information content (AvgIpc) is 2.61. The van der Waals surface area contributed by atoms with Crippen molar-refractivity contribution in [2.24, 2.45) is 5.73 Å². The van der Waals surface area contributed by atoms with E-state index >= 15 is 0 Å². The minimum atomic E-state index is -0.653. The Morgan fingerprint density at radius 2 is 1.84 bits per heavy atom. The molecule has 2 aromatic carbocycles. The molecule has 0 atom stereocenters. The zero-order valence-electron chi connectivity index (χ0n) is 14.1. The monoisotopic (exact) mass is 344 g/mol. The molecular weight excluding hydrogens is 324 g/mol. The maximum Gasteiger partial charge on any atom is 0.262 e. The lowest BCUT2D eigenvalue weighted by atomic mass is 10.2. The molecule has 0 aliphatic heterocycles. The highest BCUT2D eigenvalue weighted by atomic mass is 16.5.